The number of aromatic nitrogens is 1. The molecule has 1 aliphatic heterocycles. The first kappa shape index (κ1) is 18.4. The van der Waals surface area contributed by atoms with Crippen LogP contribution >= 0.6 is 11.6 Å². The van der Waals surface area contributed by atoms with E-state index < -0.39 is 12.2 Å². The summed E-state index contributed by atoms with van der Waals surface area (Å²) in [6, 6.07) is 10.2. The number of halogens is 1. The zero-order chi connectivity index (χ0) is 20.2. The van der Waals surface area contributed by atoms with Crippen LogP contribution < -0.4 is 15.4 Å². The van der Waals surface area contributed by atoms with Gasteiger partial charge in [-0.05, 0) is 49.6 Å². The van der Waals surface area contributed by atoms with Crippen molar-refractivity contribution in [3.05, 3.63) is 58.9 Å². The first-order chi connectivity index (χ1) is 13.9. The summed E-state index contributed by atoms with van der Waals surface area (Å²) in [5.41, 5.74) is 0.420. The van der Waals surface area contributed by atoms with Gasteiger partial charge in [0.05, 0.1) is 6.10 Å². The predicted molar refractivity (Wildman–Crippen MR) is 105 cm³/mol. The van der Waals surface area contributed by atoms with E-state index in [4.69, 9.17) is 16.3 Å². The summed E-state index contributed by atoms with van der Waals surface area (Å²) in [6.07, 6.45) is 2.26. The highest BCUT2D eigenvalue weighted by atomic mass is 35.5. The quantitative estimate of drug-likeness (QED) is 0.713. The SMILES string of the molecule is O=C(NC12CC(NC(=O)[C@H]3C[C@@H](O)c4cc(Cl)ccc4O3)(C1)C2)c1ccccn1. The first-order valence-electron chi connectivity index (χ1n) is 9.57. The third kappa shape index (κ3) is 3.14. The Bertz CT molecular complexity index is 977. The lowest BCUT2D eigenvalue weighted by Crippen LogP contribution is -2.84. The fourth-order valence-corrected chi connectivity index (χ4v) is 4.96. The van der Waals surface area contributed by atoms with Crippen molar-refractivity contribution in [3.63, 3.8) is 0 Å². The van der Waals surface area contributed by atoms with E-state index >= 15 is 0 Å². The Labute approximate surface area is 172 Å². The maximum atomic E-state index is 12.7. The minimum Gasteiger partial charge on any atom is -0.480 e. The third-order valence-corrected chi connectivity index (χ3v) is 6.26. The fourth-order valence-electron chi connectivity index (χ4n) is 4.78. The van der Waals surface area contributed by atoms with Gasteiger partial charge >= 0.3 is 0 Å². The number of aliphatic hydroxyl groups is 1. The Morgan fingerprint density at radius 1 is 1.14 bits per heavy atom. The number of fused-ring (bicyclic) bond motifs is 1. The largest absolute Gasteiger partial charge is 0.480 e. The highest BCUT2D eigenvalue weighted by molar-refractivity contribution is 6.30. The van der Waals surface area contributed by atoms with Crippen LogP contribution in [0, 0.1) is 0 Å². The van der Waals surface area contributed by atoms with Gasteiger partial charge in [0.1, 0.15) is 11.4 Å². The zero-order valence-corrected chi connectivity index (χ0v) is 16.3. The molecule has 4 aliphatic rings. The van der Waals surface area contributed by atoms with Crippen LogP contribution in [0.2, 0.25) is 5.02 Å². The van der Waals surface area contributed by atoms with E-state index in [2.05, 4.69) is 15.6 Å². The molecular formula is C21H20ClN3O4. The minimum absolute atomic E-state index is 0.177. The Kier molecular flexibility index (Phi) is 4.08. The second-order valence-electron chi connectivity index (χ2n) is 8.29. The summed E-state index contributed by atoms with van der Waals surface area (Å²) in [5.74, 6) is 0.0400. The highest BCUT2D eigenvalue weighted by Crippen LogP contribution is 2.60. The summed E-state index contributed by atoms with van der Waals surface area (Å²) < 4.78 is 5.79. The van der Waals surface area contributed by atoms with Gasteiger partial charge in [-0.25, -0.2) is 0 Å². The van der Waals surface area contributed by atoms with Crippen LogP contribution in [0.25, 0.3) is 0 Å². The van der Waals surface area contributed by atoms with Crippen LogP contribution in [0.4, 0.5) is 0 Å². The van der Waals surface area contributed by atoms with Crippen LogP contribution in [-0.2, 0) is 4.79 Å². The lowest BCUT2D eigenvalue weighted by atomic mass is 9.44. The van der Waals surface area contributed by atoms with Gasteiger partial charge in [-0.2, -0.15) is 0 Å². The van der Waals surface area contributed by atoms with E-state index in [9.17, 15) is 14.7 Å². The van der Waals surface area contributed by atoms with Crippen molar-refractivity contribution in [3.8, 4) is 5.75 Å². The summed E-state index contributed by atoms with van der Waals surface area (Å²) >= 11 is 5.97. The first-order valence-corrected chi connectivity index (χ1v) is 9.95. The predicted octanol–water partition coefficient (Wildman–Crippen LogP) is 2.14. The molecule has 0 spiro atoms. The molecule has 6 rings (SSSR count). The number of rotatable bonds is 4. The average molecular weight is 414 g/mol. The lowest BCUT2D eigenvalue weighted by Gasteiger charge is -2.70. The summed E-state index contributed by atoms with van der Waals surface area (Å²) in [5, 5.41) is 17.0. The molecule has 8 heteroatoms. The van der Waals surface area contributed by atoms with Gasteiger partial charge < -0.3 is 20.5 Å². The molecule has 2 atom stereocenters. The molecular weight excluding hydrogens is 394 g/mol. The molecule has 29 heavy (non-hydrogen) atoms. The van der Waals surface area contributed by atoms with Crippen molar-refractivity contribution in [2.75, 3.05) is 0 Å². The maximum Gasteiger partial charge on any atom is 0.270 e. The summed E-state index contributed by atoms with van der Waals surface area (Å²) in [4.78, 5) is 29.1. The molecule has 0 unspecified atom stereocenters. The van der Waals surface area contributed by atoms with E-state index in [1.54, 1.807) is 42.6 Å². The minimum atomic E-state index is -0.801. The van der Waals surface area contributed by atoms with Gasteiger partial charge in [-0.15, -0.1) is 0 Å². The molecule has 7 nitrogen and oxygen atoms in total. The standard InChI is InChI=1S/C21H20ClN3O4/c22-12-4-5-16-13(7-12)15(26)8-17(29-16)19(28)25-21-9-20(10-21,11-21)24-18(27)14-3-1-2-6-23-14/h1-7,15,17,26H,8-11H2,(H,24,27)(H,25,28)/t15-,17-,20?,21?/m1/s1. The number of nitrogens with one attached hydrogen (secondary N) is 2. The number of hydrogen-bond acceptors (Lipinski definition) is 5. The van der Waals surface area contributed by atoms with Crippen molar-refractivity contribution in [2.45, 2.75) is 49.0 Å². The number of ether oxygens (including phenoxy) is 1. The van der Waals surface area contributed by atoms with Gasteiger partial charge in [0.15, 0.2) is 6.10 Å². The summed E-state index contributed by atoms with van der Waals surface area (Å²) in [6.45, 7) is 0. The van der Waals surface area contributed by atoms with E-state index in [0.29, 0.717) is 41.3 Å². The molecule has 1 aromatic carbocycles. The topological polar surface area (TPSA) is 101 Å². The highest BCUT2D eigenvalue weighted by Gasteiger charge is 2.69. The molecule has 2 amide bonds. The lowest BCUT2D eigenvalue weighted by molar-refractivity contribution is -0.147. The molecule has 2 aromatic rings. The number of amides is 2. The van der Waals surface area contributed by atoms with Gasteiger partial charge in [0.2, 0.25) is 0 Å². The van der Waals surface area contributed by atoms with E-state index in [1.807, 2.05) is 0 Å². The van der Waals surface area contributed by atoms with Gasteiger partial charge in [0.25, 0.3) is 11.8 Å². The van der Waals surface area contributed by atoms with Crippen LogP contribution in [0.15, 0.2) is 42.6 Å². The number of aliphatic hydroxyl groups excluding tert-OH is 1. The smallest absolute Gasteiger partial charge is 0.270 e. The Balaban J connectivity index is 1.18. The Morgan fingerprint density at radius 3 is 2.62 bits per heavy atom. The second kappa shape index (κ2) is 6.43. The molecule has 3 aliphatic carbocycles. The molecule has 3 N–H and O–H groups in total. The molecule has 3 fully saturated rings. The molecule has 0 saturated heterocycles. The van der Waals surface area contributed by atoms with Crippen molar-refractivity contribution in [1.82, 2.24) is 15.6 Å². The number of pyridine rings is 1. The number of carbonyl (C=O) groups is 2. The molecule has 3 saturated carbocycles. The Morgan fingerprint density at radius 2 is 1.90 bits per heavy atom. The molecule has 0 radical (unpaired) electrons. The van der Waals surface area contributed by atoms with Gasteiger partial charge in [0, 0.05) is 34.3 Å². The van der Waals surface area contributed by atoms with E-state index in [0.717, 1.165) is 0 Å². The number of nitrogens with zero attached hydrogens (tertiary/aromatic N) is 1. The van der Waals surface area contributed by atoms with Crippen molar-refractivity contribution in [1.29, 1.82) is 0 Å². The van der Waals surface area contributed by atoms with Crippen molar-refractivity contribution < 1.29 is 19.4 Å². The molecule has 2 bridgehead atoms. The molecule has 2 heterocycles. The normalized spacial score (nSPS) is 31.4. The number of hydrogen-bond donors (Lipinski definition) is 3. The number of carbonyl (C=O) groups excluding carboxylic acids is 2. The monoisotopic (exact) mass is 413 g/mol. The van der Waals surface area contributed by atoms with Crippen molar-refractivity contribution >= 4 is 23.4 Å². The fraction of sp³-hybridized carbons (Fsp3) is 0.381. The second-order valence-corrected chi connectivity index (χ2v) is 8.73. The van der Waals surface area contributed by atoms with Crippen LogP contribution in [0.5, 0.6) is 5.75 Å². The van der Waals surface area contributed by atoms with E-state index in [-0.39, 0.29) is 29.3 Å². The zero-order valence-electron chi connectivity index (χ0n) is 15.5. The third-order valence-electron chi connectivity index (χ3n) is 6.02. The average Bonchev–Trinajstić information content (AvgIpc) is 2.66. The molecule has 150 valence electrons. The van der Waals surface area contributed by atoms with Crippen LogP contribution in [0.3, 0.4) is 0 Å². The van der Waals surface area contributed by atoms with Crippen LogP contribution in [-0.4, -0.2) is 39.1 Å². The van der Waals surface area contributed by atoms with Crippen LogP contribution in [0.1, 0.15) is 47.8 Å². The maximum absolute atomic E-state index is 12.7. The summed E-state index contributed by atoms with van der Waals surface area (Å²) in [7, 11) is 0. The Hall–Kier alpha value is -2.64. The van der Waals surface area contributed by atoms with E-state index in [1.165, 1.54) is 0 Å². The van der Waals surface area contributed by atoms with Gasteiger partial charge in [-0.1, -0.05) is 17.7 Å². The van der Waals surface area contributed by atoms with Crippen molar-refractivity contribution in [2.24, 2.45) is 0 Å². The van der Waals surface area contributed by atoms with Gasteiger partial charge in [-0.3, -0.25) is 14.6 Å². The number of benzene rings is 1. The molecule has 1 aromatic heterocycles.